The number of hydrogen-bond donors (Lipinski definition) is 5. The van der Waals surface area contributed by atoms with Gasteiger partial charge in [0.05, 0.1) is 6.04 Å². The molecule has 5 rings (SSSR count). The highest BCUT2D eigenvalue weighted by atomic mass is 16.2. The lowest BCUT2D eigenvalue weighted by Gasteiger charge is -2.40. The van der Waals surface area contributed by atoms with Crippen LogP contribution in [0.15, 0.2) is 0 Å². The van der Waals surface area contributed by atoms with Crippen molar-refractivity contribution >= 4 is 41.2 Å². The predicted molar refractivity (Wildman–Crippen MR) is 185 cm³/mol. The monoisotopic (exact) mass is 698 g/mol. The van der Waals surface area contributed by atoms with Crippen LogP contribution in [-0.4, -0.2) is 88.4 Å². The normalized spacial score (nSPS) is 25.7. The Labute approximate surface area is 295 Å². The van der Waals surface area contributed by atoms with Gasteiger partial charge in [-0.25, -0.2) is 0 Å². The number of nitrogens with zero attached hydrogens (tertiary/aromatic N) is 1. The van der Waals surface area contributed by atoms with Gasteiger partial charge >= 0.3 is 11.8 Å². The Hall–Kier alpha value is -3.51. The highest BCUT2D eigenvalue weighted by molar-refractivity contribution is 6.38. The lowest BCUT2D eigenvalue weighted by atomic mass is 9.81. The molecule has 1 saturated heterocycles. The summed E-state index contributed by atoms with van der Waals surface area (Å²) in [4.78, 5) is 96.0. The van der Waals surface area contributed by atoms with E-state index in [2.05, 4.69) is 26.6 Å². The van der Waals surface area contributed by atoms with Crippen LogP contribution in [0, 0.1) is 17.3 Å². The molecule has 0 aromatic carbocycles. The summed E-state index contributed by atoms with van der Waals surface area (Å²) in [7, 11) is 0. The number of fused-ring (bicyclic) bond motifs is 1. The van der Waals surface area contributed by atoms with Crippen molar-refractivity contribution in [3.63, 3.8) is 0 Å². The van der Waals surface area contributed by atoms with Gasteiger partial charge in [-0.3, -0.25) is 33.6 Å². The van der Waals surface area contributed by atoms with Gasteiger partial charge in [0, 0.05) is 18.1 Å². The first-order chi connectivity index (χ1) is 23.8. The molecule has 0 bridgehead atoms. The van der Waals surface area contributed by atoms with Gasteiger partial charge in [-0.1, -0.05) is 66.2 Å². The number of likely N-dealkylation sites (tertiary alicyclic amines) is 1. The van der Waals surface area contributed by atoms with E-state index >= 15 is 0 Å². The summed E-state index contributed by atoms with van der Waals surface area (Å²) in [6, 6.07) is -4.10. The molecule has 1 aliphatic heterocycles. The van der Waals surface area contributed by atoms with Crippen molar-refractivity contribution in [2.45, 2.75) is 173 Å². The summed E-state index contributed by atoms with van der Waals surface area (Å²) in [5.74, 6) is -4.45. The molecule has 3 unspecified atom stereocenters. The molecule has 4 saturated carbocycles. The van der Waals surface area contributed by atoms with E-state index in [9.17, 15) is 33.6 Å². The van der Waals surface area contributed by atoms with Gasteiger partial charge < -0.3 is 31.5 Å². The Morgan fingerprint density at radius 2 is 1.30 bits per heavy atom. The summed E-state index contributed by atoms with van der Waals surface area (Å²) in [5.41, 5.74) is -0.771. The smallest absolute Gasteiger partial charge is 0.309 e. The van der Waals surface area contributed by atoms with E-state index in [1.54, 1.807) is 4.90 Å². The van der Waals surface area contributed by atoms with Crippen LogP contribution in [0.2, 0.25) is 0 Å². The molecule has 4 aliphatic carbocycles. The van der Waals surface area contributed by atoms with Crippen molar-refractivity contribution in [3.05, 3.63) is 0 Å². The second kappa shape index (κ2) is 16.2. The molecule has 0 spiro atoms. The second-order valence-corrected chi connectivity index (χ2v) is 16.5. The fourth-order valence-electron chi connectivity index (χ4n) is 8.06. The Morgan fingerprint density at radius 3 is 1.90 bits per heavy atom. The number of carbonyl (C=O) groups excluding carboxylic acids is 7. The van der Waals surface area contributed by atoms with Crippen LogP contribution in [-0.2, 0) is 33.6 Å². The average molecular weight is 699 g/mol. The van der Waals surface area contributed by atoms with E-state index in [0.29, 0.717) is 32.1 Å². The van der Waals surface area contributed by atoms with E-state index < -0.39 is 64.9 Å². The van der Waals surface area contributed by atoms with Crippen LogP contribution in [0.25, 0.3) is 0 Å². The van der Waals surface area contributed by atoms with Gasteiger partial charge in [0.25, 0.3) is 5.91 Å². The van der Waals surface area contributed by atoms with Gasteiger partial charge in [0.15, 0.2) is 0 Å². The van der Waals surface area contributed by atoms with Gasteiger partial charge in [-0.2, -0.15) is 0 Å². The number of ketones is 1. The van der Waals surface area contributed by atoms with Crippen LogP contribution < -0.4 is 26.6 Å². The first-order valence-corrected chi connectivity index (χ1v) is 19.2. The zero-order valence-corrected chi connectivity index (χ0v) is 30.3. The van der Waals surface area contributed by atoms with Crippen molar-refractivity contribution in [2.24, 2.45) is 17.3 Å². The molecule has 13 nitrogen and oxygen atoms in total. The van der Waals surface area contributed by atoms with Gasteiger partial charge in [-0.05, 0) is 81.5 Å². The maximum Gasteiger partial charge on any atom is 0.309 e. The molecule has 50 heavy (non-hydrogen) atoms. The topological polar surface area (TPSA) is 183 Å². The van der Waals surface area contributed by atoms with Gasteiger partial charge in [-0.15, -0.1) is 0 Å². The molecule has 6 atom stereocenters. The van der Waals surface area contributed by atoms with E-state index in [1.165, 1.54) is 0 Å². The van der Waals surface area contributed by atoms with Crippen molar-refractivity contribution in [1.29, 1.82) is 0 Å². The summed E-state index contributed by atoms with van der Waals surface area (Å²) in [5, 5.41) is 13.9. The third-order valence-corrected chi connectivity index (χ3v) is 11.2. The van der Waals surface area contributed by atoms with Gasteiger partial charge in [0.2, 0.25) is 23.5 Å². The van der Waals surface area contributed by atoms with Gasteiger partial charge in [0.1, 0.15) is 18.1 Å². The Kier molecular flexibility index (Phi) is 12.2. The Bertz CT molecular complexity index is 1320. The predicted octanol–water partition coefficient (Wildman–Crippen LogP) is 2.15. The number of carbonyl (C=O) groups is 7. The maximum atomic E-state index is 14.8. The summed E-state index contributed by atoms with van der Waals surface area (Å²) in [6.45, 7) is 7.44. The van der Waals surface area contributed by atoms with Crippen LogP contribution in [0.4, 0.5) is 0 Å². The first-order valence-electron chi connectivity index (χ1n) is 19.2. The summed E-state index contributed by atoms with van der Waals surface area (Å²) >= 11 is 0. The minimum absolute atomic E-state index is 0.00552. The third kappa shape index (κ3) is 9.42. The van der Waals surface area contributed by atoms with Crippen LogP contribution in [0.1, 0.15) is 130 Å². The zero-order valence-electron chi connectivity index (χ0n) is 30.3. The molecule has 5 N–H and O–H groups in total. The zero-order chi connectivity index (χ0) is 36.2. The average Bonchev–Trinajstić information content (AvgIpc) is 4.03. The number of hydrogen-bond acceptors (Lipinski definition) is 7. The number of rotatable bonds is 13. The fraction of sp³-hybridized carbons (Fsp3) is 0.811. The van der Waals surface area contributed by atoms with Crippen molar-refractivity contribution in [1.82, 2.24) is 31.5 Å². The third-order valence-electron chi connectivity index (χ3n) is 11.2. The van der Waals surface area contributed by atoms with Crippen molar-refractivity contribution in [3.8, 4) is 0 Å². The largest absolute Gasteiger partial charge is 0.347 e. The fourth-order valence-corrected chi connectivity index (χ4v) is 8.06. The summed E-state index contributed by atoms with van der Waals surface area (Å²) < 4.78 is 0. The van der Waals surface area contributed by atoms with Crippen LogP contribution in [0.3, 0.4) is 0 Å². The summed E-state index contributed by atoms with van der Waals surface area (Å²) in [6.07, 6.45) is 12.4. The Balaban J connectivity index is 1.36. The lowest BCUT2D eigenvalue weighted by molar-refractivity contribution is -0.148. The molecule has 0 radical (unpaired) electrons. The molecular formula is C37H58N6O7. The highest BCUT2D eigenvalue weighted by Gasteiger charge is 2.51. The molecule has 278 valence electrons. The quantitative estimate of drug-likeness (QED) is 0.183. The first kappa shape index (κ1) is 37.7. The molecule has 1 heterocycles. The molecule has 5 aliphatic rings. The molecule has 0 aromatic rings. The van der Waals surface area contributed by atoms with Crippen LogP contribution >= 0.6 is 0 Å². The molecule has 6 amide bonds. The number of Topliss-reactive ketones (excluding diaryl/α,β-unsaturated/α-hetero) is 1. The minimum Gasteiger partial charge on any atom is -0.347 e. The van der Waals surface area contributed by atoms with E-state index in [-0.39, 0.29) is 35.9 Å². The van der Waals surface area contributed by atoms with Crippen molar-refractivity contribution < 1.29 is 33.6 Å². The van der Waals surface area contributed by atoms with Crippen molar-refractivity contribution in [2.75, 3.05) is 0 Å². The standard InChI is InChI=1S/C37H58N6O7/c1-5-11-25(29(44)33(47)38-23-16-17-23)40-31(45)27-20-22-14-9-10-15-26(22)43(27)36(50)30(37(2,3)4)42-32(46)28(21-12-7-6-8-13-21)41-35(49)34(48)39-24-18-19-24/h21-28,30H,5-20H2,1-4H3,(H,38,47)(H,39,48)(H,40,45)(H,41,49)(H,42,46)/t22?,25-,26?,27?,28-,30+/m0/s1. The SMILES string of the molecule is CCC[C@H](NC(=O)C1CC2CCCCC2N1C(=O)[C@@H](NC(=O)[C@@H](NC(=O)C(=O)NC1CC1)C1CCCCC1)C(C)(C)C)C(=O)C(=O)NC1CC1. The second-order valence-electron chi connectivity index (χ2n) is 16.5. The van der Waals surface area contributed by atoms with E-state index in [0.717, 1.165) is 70.6 Å². The number of nitrogens with one attached hydrogen (secondary N) is 5. The van der Waals surface area contributed by atoms with E-state index in [4.69, 9.17) is 0 Å². The minimum atomic E-state index is -1.04. The molecular weight excluding hydrogens is 640 g/mol. The highest BCUT2D eigenvalue weighted by Crippen LogP contribution is 2.41. The Morgan fingerprint density at radius 1 is 0.700 bits per heavy atom. The maximum absolute atomic E-state index is 14.8. The lowest BCUT2D eigenvalue weighted by Crippen LogP contribution is -2.63. The molecule has 0 aromatic heterocycles. The molecule has 13 heteroatoms. The number of amides is 6. The van der Waals surface area contributed by atoms with E-state index in [1.807, 2.05) is 27.7 Å². The van der Waals surface area contributed by atoms with Crippen LogP contribution in [0.5, 0.6) is 0 Å². The molecule has 5 fully saturated rings.